The summed E-state index contributed by atoms with van der Waals surface area (Å²) in [5, 5.41) is 2.67. The molecule has 5 N–H and O–H groups in total. The van der Waals surface area contributed by atoms with E-state index >= 15 is 0 Å². The number of benzene rings is 1. The summed E-state index contributed by atoms with van der Waals surface area (Å²) >= 11 is 3.34. The van der Waals surface area contributed by atoms with Gasteiger partial charge in [-0.25, -0.2) is 0 Å². The summed E-state index contributed by atoms with van der Waals surface area (Å²) in [5.41, 5.74) is 13.3. The van der Waals surface area contributed by atoms with Crippen molar-refractivity contribution in [3.05, 3.63) is 22.2 Å². The maximum absolute atomic E-state index is 11.4. The van der Waals surface area contributed by atoms with E-state index in [1.807, 2.05) is 13.0 Å². The van der Waals surface area contributed by atoms with E-state index in [4.69, 9.17) is 11.5 Å². The lowest BCUT2D eigenvalue weighted by atomic mass is 10.1. The van der Waals surface area contributed by atoms with Crippen LogP contribution in [0.4, 0.5) is 11.4 Å². The summed E-state index contributed by atoms with van der Waals surface area (Å²) in [6, 6.07) is 3.09. The van der Waals surface area contributed by atoms with Crippen molar-refractivity contribution in [1.29, 1.82) is 0 Å². The van der Waals surface area contributed by atoms with E-state index in [1.165, 1.54) is 0 Å². The highest BCUT2D eigenvalue weighted by atomic mass is 79.9. The summed E-state index contributed by atoms with van der Waals surface area (Å²) in [7, 11) is 0. The van der Waals surface area contributed by atoms with Gasteiger partial charge in [0.1, 0.15) is 0 Å². The first-order valence-corrected chi connectivity index (χ1v) is 5.33. The van der Waals surface area contributed by atoms with E-state index in [2.05, 4.69) is 21.2 Å². The molecule has 1 rings (SSSR count). The van der Waals surface area contributed by atoms with Crippen LogP contribution < -0.4 is 16.8 Å². The highest BCUT2D eigenvalue weighted by Gasteiger charge is 2.11. The van der Waals surface area contributed by atoms with Crippen LogP contribution in [0, 0.1) is 6.92 Å². The second-order valence-corrected chi connectivity index (χ2v) is 4.38. The molecule has 1 aromatic carbocycles. The van der Waals surface area contributed by atoms with Gasteiger partial charge >= 0.3 is 0 Å². The molecule has 0 fully saturated rings. The Labute approximate surface area is 97.1 Å². The molecule has 1 amide bonds. The van der Waals surface area contributed by atoms with Crippen LogP contribution in [0.15, 0.2) is 16.6 Å². The molecule has 1 atom stereocenters. The van der Waals surface area contributed by atoms with Gasteiger partial charge in [-0.3, -0.25) is 4.79 Å². The van der Waals surface area contributed by atoms with Gasteiger partial charge in [-0.05, 0) is 31.5 Å². The molecule has 0 saturated carbocycles. The number of carbonyl (C=O) groups excluding carboxylic acids is 1. The minimum Gasteiger partial charge on any atom is -0.397 e. The van der Waals surface area contributed by atoms with E-state index in [-0.39, 0.29) is 5.91 Å². The number of aryl methyl sites for hydroxylation is 1. The summed E-state index contributed by atoms with van der Waals surface area (Å²) in [5.74, 6) is -0.251. The van der Waals surface area contributed by atoms with Crippen molar-refractivity contribution in [1.82, 2.24) is 0 Å². The third-order valence-electron chi connectivity index (χ3n) is 2.02. The number of hydrogen-bond acceptors (Lipinski definition) is 3. The highest BCUT2D eigenvalue weighted by Crippen LogP contribution is 2.27. The Morgan fingerprint density at radius 3 is 2.67 bits per heavy atom. The second kappa shape index (κ2) is 4.63. The fraction of sp³-hybridized carbons (Fsp3) is 0.300. The molecule has 0 saturated heterocycles. The molecule has 0 radical (unpaired) electrons. The van der Waals surface area contributed by atoms with Crippen molar-refractivity contribution in [2.45, 2.75) is 19.9 Å². The molecule has 0 spiro atoms. The SMILES string of the molecule is Cc1cc(Br)cc(NC(=O)[C@@H](C)N)c1N. The topological polar surface area (TPSA) is 81.1 Å². The molecule has 0 heterocycles. The lowest BCUT2D eigenvalue weighted by Crippen LogP contribution is -2.32. The molecule has 0 unspecified atom stereocenters. The van der Waals surface area contributed by atoms with Gasteiger partial charge in [-0.1, -0.05) is 15.9 Å². The van der Waals surface area contributed by atoms with Gasteiger partial charge in [-0.15, -0.1) is 0 Å². The number of nitrogens with two attached hydrogens (primary N) is 2. The van der Waals surface area contributed by atoms with E-state index < -0.39 is 6.04 Å². The molecule has 0 bridgehead atoms. The van der Waals surface area contributed by atoms with Crippen LogP contribution in [0.25, 0.3) is 0 Å². The fourth-order valence-electron chi connectivity index (χ4n) is 1.10. The first-order chi connectivity index (χ1) is 6.91. The van der Waals surface area contributed by atoms with Crippen molar-refractivity contribution in [2.24, 2.45) is 5.73 Å². The molecule has 0 aliphatic carbocycles. The third-order valence-corrected chi connectivity index (χ3v) is 2.48. The van der Waals surface area contributed by atoms with Gasteiger partial charge in [0.25, 0.3) is 0 Å². The zero-order valence-electron chi connectivity index (χ0n) is 8.67. The lowest BCUT2D eigenvalue weighted by molar-refractivity contribution is -0.117. The zero-order chi connectivity index (χ0) is 11.6. The molecule has 0 aliphatic heterocycles. The fourth-order valence-corrected chi connectivity index (χ4v) is 1.68. The Morgan fingerprint density at radius 2 is 2.13 bits per heavy atom. The summed E-state index contributed by atoms with van der Waals surface area (Å²) in [6.45, 7) is 3.50. The number of nitrogen functional groups attached to an aromatic ring is 1. The average Bonchev–Trinajstić information content (AvgIpc) is 2.13. The average molecular weight is 272 g/mol. The van der Waals surface area contributed by atoms with Crippen molar-refractivity contribution in [2.75, 3.05) is 11.1 Å². The van der Waals surface area contributed by atoms with Crippen LogP contribution in [-0.2, 0) is 4.79 Å². The number of anilines is 2. The Bertz CT molecular complexity index is 390. The highest BCUT2D eigenvalue weighted by molar-refractivity contribution is 9.10. The maximum Gasteiger partial charge on any atom is 0.241 e. The van der Waals surface area contributed by atoms with E-state index in [0.29, 0.717) is 11.4 Å². The molecule has 5 heteroatoms. The summed E-state index contributed by atoms with van der Waals surface area (Å²) in [6.07, 6.45) is 0. The number of nitrogens with one attached hydrogen (secondary N) is 1. The summed E-state index contributed by atoms with van der Waals surface area (Å²) < 4.78 is 0.870. The Morgan fingerprint density at radius 1 is 1.53 bits per heavy atom. The lowest BCUT2D eigenvalue weighted by Gasteiger charge is -2.12. The Hall–Kier alpha value is -1.07. The second-order valence-electron chi connectivity index (χ2n) is 3.46. The van der Waals surface area contributed by atoms with Gasteiger partial charge in [0.2, 0.25) is 5.91 Å². The predicted molar refractivity (Wildman–Crippen MR) is 65.6 cm³/mol. The first kappa shape index (κ1) is 12.0. The van der Waals surface area contributed by atoms with Crippen LogP contribution in [0.5, 0.6) is 0 Å². The van der Waals surface area contributed by atoms with E-state index in [0.717, 1.165) is 10.0 Å². The molecule has 15 heavy (non-hydrogen) atoms. The molecule has 4 nitrogen and oxygen atoms in total. The normalized spacial score (nSPS) is 12.3. The quantitative estimate of drug-likeness (QED) is 0.716. The van der Waals surface area contributed by atoms with Gasteiger partial charge in [0.05, 0.1) is 17.4 Å². The van der Waals surface area contributed by atoms with Gasteiger partial charge in [-0.2, -0.15) is 0 Å². The van der Waals surface area contributed by atoms with Crippen molar-refractivity contribution < 1.29 is 4.79 Å². The van der Waals surface area contributed by atoms with Gasteiger partial charge in [0, 0.05) is 4.47 Å². The maximum atomic E-state index is 11.4. The minimum atomic E-state index is -0.552. The molecule has 82 valence electrons. The number of hydrogen-bond donors (Lipinski definition) is 3. The number of halogens is 1. The monoisotopic (exact) mass is 271 g/mol. The Kier molecular flexibility index (Phi) is 3.71. The van der Waals surface area contributed by atoms with Crippen LogP contribution >= 0.6 is 15.9 Å². The van der Waals surface area contributed by atoms with Gasteiger partial charge in [0.15, 0.2) is 0 Å². The predicted octanol–water partition coefficient (Wildman–Crippen LogP) is 1.63. The molecule has 0 aliphatic rings. The molecule has 0 aromatic heterocycles. The van der Waals surface area contributed by atoms with E-state index in [1.54, 1.807) is 13.0 Å². The summed E-state index contributed by atoms with van der Waals surface area (Å²) in [4.78, 5) is 11.4. The molecule has 1 aromatic rings. The first-order valence-electron chi connectivity index (χ1n) is 4.54. The molecular weight excluding hydrogens is 258 g/mol. The molecular formula is C10H14BrN3O. The minimum absolute atomic E-state index is 0.251. The van der Waals surface area contributed by atoms with E-state index in [9.17, 15) is 4.79 Å². The third kappa shape index (κ3) is 2.94. The standard InChI is InChI=1S/C10H14BrN3O/c1-5-3-7(11)4-8(9(5)13)14-10(15)6(2)12/h3-4,6H,12-13H2,1-2H3,(H,14,15)/t6-/m1/s1. The van der Waals surface area contributed by atoms with Crippen molar-refractivity contribution >= 4 is 33.2 Å². The number of carbonyl (C=O) groups is 1. The number of rotatable bonds is 2. The van der Waals surface area contributed by atoms with Crippen LogP contribution in [-0.4, -0.2) is 11.9 Å². The smallest absolute Gasteiger partial charge is 0.241 e. The van der Waals surface area contributed by atoms with Crippen LogP contribution in [0.2, 0.25) is 0 Å². The zero-order valence-corrected chi connectivity index (χ0v) is 10.3. The van der Waals surface area contributed by atoms with Crippen molar-refractivity contribution in [3.8, 4) is 0 Å². The van der Waals surface area contributed by atoms with Gasteiger partial charge < -0.3 is 16.8 Å². The van der Waals surface area contributed by atoms with Crippen LogP contribution in [0.3, 0.4) is 0 Å². The largest absolute Gasteiger partial charge is 0.397 e. The van der Waals surface area contributed by atoms with Crippen LogP contribution in [0.1, 0.15) is 12.5 Å². The van der Waals surface area contributed by atoms with Crippen molar-refractivity contribution in [3.63, 3.8) is 0 Å². The Balaban J connectivity index is 2.99. The number of amides is 1.